The van der Waals surface area contributed by atoms with Crippen LogP contribution in [0.1, 0.15) is 12.0 Å². The molecule has 0 aromatic carbocycles. The van der Waals surface area contributed by atoms with Gasteiger partial charge in [0.15, 0.2) is 5.13 Å². The number of carbonyl (C=O) groups excluding carboxylic acids is 2. The van der Waals surface area contributed by atoms with Crippen LogP contribution in [-0.2, 0) is 16.1 Å². The highest BCUT2D eigenvalue weighted by atomic mass is 32.1. The Morgan fingerprint density at radius 3 is 3.12 bits per heavy atom. The van der Waals surface area contributed by atoms with E-state index in [4.69, 9.17) is 0 Å². The smallest absolute Gasteiger partial charge is 0.229 e. The summed E-state index contributed by atoms with van der Waals surface area (Å²) in [6.45, 7) is 0.797. The number of anilines is 1. The van der Waals surface area contributed by atoms with Crippen molar-refractivity contribution in [1.82, 2.24) is 19.9 Å². The van der Waals surface area contributed by atoms with Crippen LogP contribution in [0, 0.1) is 5.92 Å². The Balaban J connectivity index is 1.42. The summed E-state index contributed by atoms with van der Waals surface area (Å²) < 4.78 is 1.77. The van der Waals surface area contributed by atoms with Gasteiger partial charge in [-0.3, -0.25) is 14.5 Å². The van der Waals surface area contributed by atoms with Crippen molar-refractivity contribution in [3.8, 4) is 0 Å². The summed E-state index contributed by atoms with van der Waals surface area (Å²) in [7, 11) is 0. The molecule has 24 heavy (non-hydrogen) atoms. The van der Waals surface area contributed by atoms with Gasteiger partial charge in [-0.1, -0.05) is 6.07 Å². The molecular formula is C16H15N5O2S. The lowest BCUT2D eigenvalue weighted by atomic mass is 10.1. The minimum absolute atomic E-state index is 0.0528. The van der Waals surface area contributed by atoms with Crippen LogP contribution in [0.5, 0.6) is 0 Å². The fraction of sp³-hybridized carbons (Fsp3) is 0.250. The fourth-order valence-corrected chi connectivity index (χ4v) is 3.58. The Hall–Kier alpha value is -2.74. The van der Waals surface area contributed by atoms with Gasteiger partial charge in [0.25, 0.3) is 0 Å². The first-order valence-corrected chi connectivity index (χ1v) is 8.49. The Kier molecular flexibility index (Phi) is 3.73. The molecule has 1 fully saturated rings. The number of amides is 2. The van der Waals surface area contributed by atoms with E-state index in [1.165, 1.54) is 11.3 Å². The summed E-state index contributed by atoms with van der Waals surface area (Å²) in [4.78, 5) is 30.3. The van der Waals surface area contributed by atoms with Crippen LogP contribution in [0.3, 0.4) is 0 Å². The van der Waals surface area contributed by atoms with Crippen LogP contribution in [0.15, 0.2) is 42.2 Å². The summed E-state index contributed by atoms with van der Waals surface area (Å²) in [5.74, 6) is -0.502. The normalized spacial score (nSPS) is 17.6. The lowest BCUT2D eigenvalue weighted by molar-refractivity contribution is -0.126. The van der Waals surface area contributed by atoms with E-state index in [1.807, 2.05) is 29.8 Å². The molecule has 1 aliphatic heterocycles. The number of hydrogen-bond acceptors (Lipinski definition) is 5. The second kappa shape index (κ2) is 6.04. The highest BCUT2D eigenvalue weighted by Gasteiger charge is 2.36. The van der Waals surface area contributed by atoms with Gasteiger partial charge < -0.3 is 5.32 Å². The van der Waals surface area contributed by atoms with Crippen LogP contribution < -0.4 is 10.2 Å². The molecule has 0 saturated carbocycles. The Bertz CT molecular complexity index is 889. The Morgan fingerprint density at radius 1 is 1.38 bits per heavy atom. The topological polar surface area (TPSA) is 79.6 Å². The minimum Gasteiger partial charge on any atom is -0.352 e. The number of hydrogen-bond donors (Lipinski definition) is 1. The Morgan fingerprint density at radius 2 is 2.29 bits per heavy atom. The number of aromatic nitrogens is 3. The predicted octanol–water partition coefficient (Wildman–Crippen LogP) is 1.46. The molecule has 1 saturated heterocycles. The fourth-order valence-electron chi connectivity index (χ4n) is 2.91. The van der Waals surface area contributed by atoms with Crippen molar-refractivity contribution in [2.45, 2.75) is 13.0 Å². The van der Waals surface area contributed by atoms with Crippen molar-refractivity contribution in [3.05, 3.63) is 47.7 Å². The third-order valence-corrected chi connectivity index (χ3v) is 4.92. The zero-order chi connectivity index (χ0) is 16.5. The number of nitrogens with one attached hydrogen (secondary N) is 1. The van der Waals surface area contributed by atoms with Crippen LogP contribution in [-0.4, -0.2) is 33.0 Å². The number of carbonyl (C=O) groups is 2. The van der Waals surface area contributed by atoms with Gasteiger partial charge in [-0.15, -0.1) is 11.3 Å². The van der Waals surface area contributed by atoms with Crippen LogP contribution >= 0.6 is 11.3 Å². The molecule has 122 valence electrons. The molecule has 4 heterocycles. The first-order chi connectivity index (χ1) is 11.7. The van der Waals surface area contributed by atoms with Gasteiger partial charge in [0, 0.05) is 43.5 Å². The largest absolute Gasteiger partial charge is 0.352 e. The molecule has 3 aromatic rings. The molecule has 1 unspecified atom stereocenters. The van der Waals surface area contributed by atoms with Crippen molar-refractivity contribution < 1.29 is 9.59 Å². The van der Waals surface area contributed by atoms with Crippen molar-refractivity contribution in [3.63, 3.8) is 0 Å². The van der Waals surface area contributed by atoms with Gasteiger partial charge in [-0.05, 0) is 17.7 Å². The highest BCUT2D eigenvalue weighted by Crippen LogP contribution is 2.26. The standard InChI is InChI=1S/C16H15N5O2S/c22-14-8-12(10-20(14)16-17-5-7-24-16)15(23)18-9-11-2-1-6-21-13(11)3-4-19-21/h1-7,12H,8-10H2,(H,18,23). The number of rotatable bonds is 4. The predicted molar refractivity (Wildman–Crippen MR) is 89.6 cm³/mol. The van der Waals surface area contributed by atoms with E-state index in [-0.39, 0.29) is 24.2 Å². The summed E-state index contributed by atoms with van der Waals surface area (Å²) in [6, 6.07) is 5.76. The molecule has 4 rings (SSSR count). The SMILES string of the molecule is O=C(NCc1cccn2nccc12)C1CC(=O)N(c2nccs2)C1. The van der Waals surface area contributed by atoms with Gasteiger partial charge >= 0.3 is 0 Å². The highest BCUT2D eigenvalue weighted by molar-refractivity contribution is 7.13. The second-order valence-corrected chi connectivity index (χ2v) is 6.51. The maximum Gasteiger partial charge on any atom is 0.229 e. The first-order valence-electron chi connectivity index (χ1n) is 7.61. The molecule has 7 nitrogen and oxygen atoms in total. The monoisotopic (exact) mass is 341 g/mol. The second-order valence-electron chi connectivity index (χ2n) is 5.63. The Labute approximate surface area is 141 Å². The van der Waals surface area contributed by atoms with E-state index < -0.39 is 0 Å². The molecule has 2 amide bonds. The van der Waals surface area contributed by atoms with Crippen LogP contribution in [0.4, 0.5) is 5.13 Å². The minimum atomic E-state index is -0.342. The van der Waals surface area contributed by atoms with E-state index >= 15 is 0 Å². The van der Waals surface area contributed by atoms with E-state index in [9.17, 15) is 9.59 Å². The zero-order valence-electron chi connectivity index (χ0n) is 12.8. The van der Waals surface area contributed by atoms with E-state index in [0.29, 0.717) is 18.2 Å². The molecule has 3 aromatic heterocycles. The number of fused-ring (bicyclic) bond motifs is 1. The molecule has 0 radical (unpaired) electrons. The molecule has 1 aliphatic rings. The first kappa shape index (κ1) is 14.8. The maximum absolute atomic E-state index is 12.4. The van der Waals surface area contributed by atoms with Crippen molar-refractivity contribution in [2.24, 2.45) is 5.92 Å². The number of nitrogens with zero attached hydrogens (tertiary/aromatic N) is 4. The molecule has 1 atom stereocenters. The summed E-state index contributed by atoms with van der Waals surface area (Å²) >= 11 is 1.40. The number of thiazole rings is 1. The average molecular weight is 341 g/mol. The summed E-state index contributed by atoms with van der Waals surface area (Å²) in [5.41, 5.74) is 1.95. The summed E-state index contributed by atoms with van der Waals surface area (Å²) in [5, 5.41) is 9.59. The third kappa shape index (κ3) is 2.65. The lowest BCUT2D eigenvalue weighted by Crippen LogP contribution is -2.32. The van der Waals surface area contributed by atoms with Crippen molar-refractivity contribution in [2.75, 3.05) is 11.4 Å². The molecular weight excluding hydrogens is 326 g/mol. The number of pyridine rings is 1. The average Bonchev–Trinajstić information content (AvgIpc) is 3.31. The van der Waals surface area contributed by atoms with E-state index in [1.54, 1.807) is 21.8 Å². The van der Waals surface area contributed by atoms with Gasteiger partial charge in [0.05, 0.1) is 11.4 Å². The van der Waals surface area contributed by atoms with Crippen LogP contribution in [0.25, 0.3) is 5.52 Å². The lowest BCUT2D eigenvalue weighted by Gasteiger charge is -2.13. The van der Waals surface area contributed by atoms with Crippen LogP contribution in [0.2, 0.25) is 0 Å². The van der Waals surface area contributed by atoms with Crippen molar-refractivity contribution >= 4 is 33.8 Å². The maximum atomic E-state index is 12.4. The van der Waals surface area contributed by atoms with Gasteiger partial charge in [-0.2, -0.15) is 5.10 Å². The van der Waals surface area contributed by atoms with Gasteiger partial charge in [0.2, 0.25) is 11.8 Å². The molecule has 1 N–H and O–H groups in total. The van der Waals surface area contributed by atoms with Gasteiger partial charge in [0.1, 0.15) is 0 Å². The van der Waals surface area contributed by atoms with E-state index in [2.05, 4.69) is 15.4 Å². The summed E-state index contributed by atoms with van der Waals surface area (Å²) in [6.07, 6.45) is 5.47. The third-order valence-electron chi connectivity index (χ3n) is 4.12. The quantitative estimate of drug-likeness (QED) is 0.779. The molecule has 0 spiro atoms. The van der Waals surface area contributed by atoms with E-state index in [0.717, 1.165) is 11.1 Å². The molecule has 0 aliphatic carbocycles. The van der Waals surface area contributed by atoms with Gasteiger partial charge in [-0.25, -0.2) is 9.50 Å². The molecule has 0 bridgehead atoms. The zero-order valence-corrected chi connectivity index (χ0v) is 13.6. The van der Waals surface area contributed by atoms with Crippen molar-refractivity contribution in [1.29, 1.82) is 0 Å². The molecule has 8 heteroatoms.